The second kappa shape index (κ2) is 7.52. The SMILES string of the molecule is Cn1c(=O)c2ccccc2n2c(CNc3cc(Cl)ccc3OCC(F)(F)F)nnc12. The predicted octanol–water partition coefficient (Wildman–Crippen LogP) is 3.79. The van der Waals surface area contributed by atoms with Crippen molar-refractivity contribution in [1.29, 1.82) is 0 Å². The van der Waals surface area contributed by atoms with Crippen LogP contribution in [0.3, 0.4) is 0 Å². The van der Waals surface area contributed by atoms with E-state index >= 15 is 0 Å². The van der Waals surface area contributed by atoms with E-state index in [-0.39, 0.29) is 23.5 Å². The summed E-state index contributed by atoms with van der Waals surface area (Å²) in [5.41, 5.74) is 0.692. The number of aryl methyl sites for hydroxylation is 1. The van der Waals surface area contributed by atoms with Crippen molar-refractivity contribution in [3.8, 4) is 5.75 Å². The fourth-order valence-corrected chi connectivity index (χ4v) is 3.28. The molecule has 2 aromatic heterocycles. The van der Waals surface area contributed by atoms with Crippen LogP contribution >= 0.6 is 11.6 Å². The second-order valence-electron chi connectivity index (χ2n) is 6.53. The number of hydrogen-bond acceptors (Lipinski definition) is 5. The van der Waals surface area contributed by atoms with Crippen molar-refractivity contribution >= 4 is 34.0 Å². The number of ether oxygens (including phenoxy) is 1. The van der Waals surface area contributed by atoms with Crippen LogP contribution in [0.4, 0.5) is 18.9 Å². The molecule has 7 nitrogen and oxygen atoms in total. The monoisotopic (exact) mass is 437 g/mol. The highest BCUT2D eigenvalue weighted by Gasteiger charge is 2.29. The fourth-order valence-electron chi connectivity index (χ4n) is 3.11. The molecule has 11 heteroatoms. The molecule has 30 heavy (non-hydrogen) atoms. The number of rotatable bonds is 5. The minimum atomic E-state index is -4.47. The van der Waals surface area contributed by atoms with Gasteiger partial charge in [0.2, 0.25) is 5.78 Å². The number of para-hydroxylation sites is 1. The van der Waals surface area contributed by atoms with Crippen LogP contribution in [-0.4, -0.2) is 31.9 Å². The summed E-state index contributed by atoms with van der Waals surface area (Å²) in [6, 6.07) is 11.3. The molecule has 2 aromatic carbocycles. The molecule has 156 valence electrons. The van der Waals surface area contributed by atoms with Gasteiger partial charge in [0, 0.05) is 12.1 Å². The lowest BCUT2D eigenvalue weighted by atomic mass is 10.2. The largest absolute Gasteiger partial charge is 0.482 e. The van der Waals surface area contributed by atoms with E-state index in [1.807, 2.05) is 0 Å². The quantitative estimate of drug-likeness (QED) is 0.514. The molecule has 0 spiro atoms. The number of hydrogen-bond donors (Lipinski definition) is 1. The molecule has 0 saturated heterocycles. The highest BCUT2D eigenvalue weighted by molar-refractivity contribution is 6.30. The number of halogens is 4. The van der Waals surface area contributed by atoms with Crippen molar-refractivity contribution < 1.29 is 17.9 Å². The minimum absolute atomic E-state index is 0.00260. The first-order valence-corrected chi connectivity index (χ1v) is 9.17. The molecule has 0 aliphatic rings. The number of aromatic nitrogens is 4. The first kappa shape index (κ1) is 20.0. The molecule has 2 heterocycles. The highest BCUT2D eigenvalue weighted by Crippen LogP contribution is 2.30. The lowest BCUT2D eigenvalue weighted by Gasteiger charge is -2.15. The van der Waals surface area contributed by atoms with Gasteiger partial charge in [-0.1, -0.05) is 23.7 Å². The van der Waals surface area contributed by atoms with Gasteiger partial charge in [-0.05, 0) is 30.3 Å². The Balaban J connectivity index is 1.70. The summed E-state index contributed by atoms with van der Waals surface area (Å²) in [5.74, 6) is 0.802. The van der Waals surface area contributed by atoms with Crippen LogP contribution in [0.2, 0.25) is 5.02 Å². The van der Waals surface area contributed by atoms with Gasteiger partial charge in [0.05, 0.1) is 23.1 Å². The van der Waals surface area contributed by atoms with E-state index in [1.54, 1.807) is 35.7 Å². The van der Waals surface area contributed by atoms with Crippen molar-refractivity contribution in [2.45, 2.75) is 12.7 Å². The molecular formula is C19H15ClF3N5O2. The molecule has 0 fully saturated rings. The Bertz CT molecular complexity index is 1300. The molecule has 0 aliphatic heterocycles. The maximum absolute atomic E-state index is 12.5. The molecule has 4 rings (SSSR count). The number of nitrogens with one attached hydrogen (secondary N) is 1. The van der Waals surface area contributed by atoms with Crippen molar-refractivity contribution in [3.63, 3.8) is 0 Å². The summed E-state index contributed by atoms with van der Waals surface area (Å²) in [6.07, 6.45) is -4.47. The molecule has 0 bridgehead atoms. The van der Waals surface area contributed by atoms with Crippen molar-refractivity contribution in [3.05, 3.63) is 63.7 Å². The molecule has 0 aliphatic carbocycles. The number of anilines is 1. The summed E-state index contributed by atoms with van der Waals surface area (Å²) >= 11 is 5.99. The highest BCUT2D eigenvalue weighted by atomic mass is 35.5. The van der Waals surface area contributed by atoms with Gasteiger partial charge in [0.15, 0.2) is 12.4 Å². The van der Waals surface area contributed by atoms with E-state index in [0.717, 1.165) is 0 Å². The van der Waals surface area contributed by atoms with Crippen LogP contribution in [0.15, 0.2) is 47.3 Å². The lowest BCUT2D eigenvalue weighted by molar-refractivity contribution is -0.153. The maximum Gasteiger partial charge on any atom is 0.422 e. The standard InChI is InChI=1S/C19H15ClF3N5O2/c1-27-17(29)12-4-2-3-5-14(12)28-16(25-26-18(27)28)9-24-13-8-11(20)6-7-15(13)30-10-19(21,22)23/h2-8,24H,9-10H2,1H3. The van der Waals surface area contributed by atoms with Crippen LogP contribution in [0, 0.1) is 0 Å². The summed E-state index contributed by atoms with van der Waals surface area (Å²) in [5, 5.41) is 12.0. The third-order valence-electron chi connectivity index (χ3n) is 4.46. The molecule has 1 N–H and O–H groups in total. The smallest absolute Gasteiger partial charge is 0.422 e. The van der Waals surface area contributed by atoms with E-state index in [1.165, 1.54) is 22.8 Å². The molecule has 0 unspecified atom stereocenters. The Morgan fingerprint density at radius 3 is 2.70 bits per heavy atom. The number of alkyl halides is 3. The summed E-state index contributed by atoms with van der Waals surface area (Å²) in [7, 11) is 1.59. The van der Waals surface area contributed by atoms with Gasteiger partial charge in [0.1, 0.15) is 5.75 Å². The van der Waals surface area contributed by atoms with Gasteiger partial charge in [-0.3, -0.25) is 13.8 Å². The van der Waals surface area contributed by atoms with Gasteiger partial charge in [0.25, 0.3) is 5.56 Å². The van der Waals surface area contributed by atoms with E-state index in [0.29, 0.717) is 27.5 Å². The van der Waals surface area contributed by atoms with Crippen LogP contribution < -0.4 is 15.6 Å². The Kier molecular flexibility index (Phi) is 5.02. The maximum atomic E-state index is 12.5. The average molecular weight is 438 g/mol. The molecular weight excluding hydrogens is 423 g/mol. The summed E-state index contributed by atoms with van der Waals surface area (Å²) < 4.78 is 45.6. The van der Waals surface area contributed by atoms with Crippen LogP contribution in [0.1, 0.15) is 5.82 Å². The molecule has 0 radical (unpaired) electrons. The number of benzene rings is 2. The second-order valence-corrected chi connectivity index (χ2v) is 6.97. The van der Waals surface area contributed by atoms with Gasteiger partial charge >= 0.3 is 6.18 Å². The fraction of sp³-hybridized carbons (Fsp3) is 0.211. The van der Waals surface area contributed by atoms with Crippen molar-refractivity contribution in [2.24, 2.45) is 7.05 Å². The lowest BCUT2D eigenvalue weighted by Crippen LogP contribution is -2.21. The van der Waals surface area contributed by atoms with Crippen molar-refractivity contribution in [2.75, 3.05) is 11.9 Å². The Labute approximate surface area is 172 Å². The summed E-state index contributed by atoms with van der Waals surface area (Å²) in [6.45, 7) is -1.32. The third-order valence-corrected chi connectivity index (χ3v) is 4.70. The zero-order valence-electron chi connectivity index (χ0n) is 15.6. The molecule has 4 aromatic rings. The minimum Gasteiger partial charge on any atom is -0.482 e. The van der Waals surface area contributed by atoms with Gasteiger partial charge in [-0.2, -0.15) is 13.2 Å². The molecule has 0 atom stereocenters. The summed E-state index contributed by atoms with van der Waals surface area (Å²) in [4.78, 5) is 12.5. The van der Waals surface area contributed by atoms with Gasteiger partial charge in [-0.15, -0.1) is 10.2 Å². The van der Waals surface area contributed by atoms with E-state index in [2.05, 4.69) is 15.5 Å². The van der Waals surface area contributed by atoms with Crippen LogP contribution in [0.5, 0.6) is 5.75 Å². The van der Waals surface area contributed by atoms with E-state index in [4.69, 9.17) is 16.3 Å². The molecule has 0 saturated carbocycles. The first-order chi connectivity index (χ1) is 14.2. The number of fused-ring (bicyclic) bond motifs is 3. The van der Waals surface area contributed by atoms with Gasteiger partial charge < -0.3 is 10.1 Å². The zero-order chi connectivity index (χ0) is 21.5. The van der Waals surface area contributed by atoms with Crippen LogP contribution in [0.25, 0.3) is 16.7 Å². The normalized spacial score (nSPS) is 11.9. The molecule has 0 amide bonds. The zero-order valence-corrected chi connectivity index (χ0v) is 16.3. The number of nitrogens with zero attached hydrogens (tertiary/aromatic N) is 4. The topological polar surface area (TPSA) is 73.5 Å². The third kappa shape index (κ3) is 3.78. The Morgan fingerprint density at radius 1 is 1.17 bits per heavy atom. The van der Waals surface area contributed by atoms with Crippen LogP contribution in [-0.2, 0) is 13.6 Å². The van der Waals surface area contributed by atoms with E-state index < -0.39 is 12.8 Å². The Morgan fingerprint density at radius 2 is 1.93 bits per heavy atom. The predicted molar refractivity (Wildman–Crippen MR) is 106 cm³/mol. The van der Waals surface area contributed by atoms with E-state index in [9.17, 15) is 18.0 Å². The first-order valence-electron chi connectivity index (χ1n) is 8.79. The van der Waals surface area contributed by atoms with Crippen molar-refractivity contribution in [1.82, 2.24) is 19.2 Å². The van der Waals surface area contributed by atoms with Gasteiger partial charge in [-0.25, -0.2) is 0 Å². The Hall–Kier alpha value is -3.27. The average Bonchev–Trinajstić information content (AvgIpc) is 3.13.